The molecule has 0 unspecified atom stereocenters. The third-order valence-electron chi connectivity index (χ3n) is 7.68. The molecule has 5 N–H and O–H groups in total. The first-order chi connectivity index (χ1) is 21.0. The Morgan fingerprint density at radius 3 is 1.42 bits per heavy atom. The number of benzene rings is 2. The maximum Gasteiger partial charge on any atom is 0.204 e. The van der Waals surface area contributed by atoms with Gasteiger partial charge in [0, 0.05) is 0 Å². The number of aromatic hydroxyl groups is 2. The van der Waals surface area contributed by atoms with E-state index in [4.69, 9.17) is 0 Å². The highest BCUT2D eigenvalue weighted by Gasteiger charge is 2.48. The van der Waals surface area contributed by atoms with E-state index in [2.05, 4.69) is 0 Å². The summed E-state index contributed by atoms with van der Waals surface area (Å²) in [5, 5.41) is 51.7. The van der Waals surface area contributed by atoms with Crippen LogP contribution in [0.25, 0.3) is 12.2 Å². The Hall–Kier alpha value is -5.77. The number of phenolic OH excluding ortho intramolecular Hbond substituents is 2. The summed E-state index contributed by atoms with van der Waals surface area (Å²) in [5.41, 5.74) is -5.26. The van der Waals surface area contributed by atoms with E-state index in [9.17, 15) is 49.5 Å². The number of ketones is 5. The van der Waals surface area contributed by atoms with Crippen LogP contribution in [-0.4, -0.2) is 54.4 Å². The molecule has 2 aliphatic rings. The Bertz CT molecular complexity index is 1840. The van der Waals surface area contributed by atoms with Crippen molar-refractivity contribution >= 4 is 41.1 Å². The highest BCUT2D eigenvalue weighted by atomic mass is 16.3. The Kier molecular flexibility index (Phi) is 8.38. The Balaban J connectivity index is 1.76. The van der Waals surface area contributed by atoms with E-state index in [1.807, 2.05) is 0 Å². The number of aliphatic hydroxyl groups is 3. The molecule has 0 bridgehead atoms. The minimum atomic E-state index is -1.79. The van der Waals surface area contributed by atoms with Crippen LogP contribution in [0.1, 0.15) is 38.8 Å². The van der Waals surface area contributed by atoms with Crippen LogP contribution in [0.4, 0.5) is 0 Å². The van der Waals surface area contributed by atoms with E-state index in [-0.39, 0.29) is 11.5 Å². The zero-order valence-electron chi connectivity index (χ0n) is 24.8. The van der Waals surface area contributed by atoms with E-state index in [1.165, 1.54) is 88.4 Å². The number of Topliss-reactive ketones (excluding diaryl/α,β-unsaturated/α-hetero) is 3. The standard InChI is InChI=1S/C35H30O10/c1-34(2)30(42)22(28(40)26(32(34)44)24(38)15-9-18-5-11-20(36)12-6-18)17-23-29(41)27(33(45)35(3,4)31(23)43)25(39)16-10-19-7-13-21(37)14-8-19/h5-17,36-37,42,44-45H,1-4H3/b15-9+,16-10+,23-17+. The summed E-state index contributed by atoms with van der Waals surface area (Å²) < 4.78 is 0. The number of allylic oxidation sites excluding steroid dienone is 8. The van der Waals surface area contributed by atoms with Gasteiger partial charge >= 0.3 is 0 Å². The summed E-state index contributed by atoms with van der Waals surface area (Å²) in [4.78, 5) is 67.0. The van der Waals surface area contributed by atoms with Crippen molar-refractivity contribution in [3.8, 4) is 11.5 Å². The van der Waals surface area contributed by atoms with Crippen LogP contribution in [0.15, 0.2) is 106 Å². The van der Waals surface area contributed by atoms with Gasteiger partial charge in [-0.2, -0.15) is 0 Å². The Morgan fingerprint density at radius 1 is 0.578 bits per heavy atom. The van der Waals surface area contributed by atoms with Crippen molar-refractivity contribution in [2.24, 2.45) is 10.8 Å². The average Bonchev–Trinajstić information content (AvgIpc) is 2.99. The van der Waals surface area contributed by atoms with Crippen molar-refractivity contribution in [1.82, 2.24) is 0 Å². The van der Waals surface area contributed by atoms with Gasteiger partial charge in [-0.15, -0.1) is 0 Å². The van der Waals surface area contributed by atoms with Gasteiger partial charge in [-0.25, -0.2) is 0 Å². The van der Waals surface area contributed by atoms with Crippen molar-refractivity contribution in [2.75, 3.05) is 0 Å². The molecule has 2 aromatic carbocycles. The fourth-order valence-electron chi connectivity index (χ4n) is 4.76. The van der Waals surface area contributed by atoms with E-state index in [0.717, 1.165) is 18.2 Å². The Labute approximate surface area is 258 Å². The first kappa shape index (κ1) is 32.2. The second kappa shape index (κ2) is 11.7. The summed E-state index contributed by atoms with van der Waals surface area (Å²) in [7, 11) is 0. The summed E-state index contributed by atoms with van der Waals surface area (Å²) in [6, 6.07) is 11.5. The number of hydrogen-bond donors (Lipinski definition) is 5. The quantitative estimate of drug-likeness (QED) is 0.208. The molecule has 45 heavy (non-hydrogen) atoms. The minimum Gasteiger partial charge on any atom is -0.510 e. The highest BCUT2D eigenvalue weighted by molar-refractivity contribution is 6.41. The number of hydrogen-bond acceptors (Lipinski definition) is 10. The van der Waals surface area contributed by atoms with Crippen molar-refractivity contribution in [3.05, 3.63) is 117 Å². The molecule has 0 aliphatic heterocycles. The lowest BCUT2D eigenvalue weighted by Gasteiger charge is -2.32. The van der Waals surface area contributed by atoms with Crippen molar-refractivity contribution in [1.29, 1.82) is 0 Å². The van der Waals surface area contributed by atoms with Crippen LogP contribution in [0, 0.1) is 10.8 Å². The molecule has 0 atom stereocenters. The van der Waals surface area contributed by atoms with E-state index in [0.29, 0.717) is 11.1 Å². The molecular formula is C35H30O10. The van der Waals surface area contributed by atoms with Gasteiger partial charge in [-0.05, 0) is 81.3 Å². The maximum absolute atomic E-state index is 13.6. The maximum atomic E-state index is 13.6. The van der Waals surface area contributed by atoms with Crippen molar-refractivity contribution < 1.29 is 49.5 Å². The van der Waals surface area contributed by atoms with E-state index in [1.54, 1.807) is 0 Å². The molecular weight excluding hydrogens is 580 g/mol. The number of carbonyl (C=O) groups excluding carboxylic acids is 5. The van der Waals surface area contributed by atoms with E-state index >= 15 is 0 Å². The van der Waals surface area contributed by atoms with Gasteiger partial charge in [-0.1, -0.05) is 36.4 Å². The van der Waals surface area contributed by atoms with Crippen molar-refractivity contribution in [3.63, 3.8) is 0 Å². The van der Waals surface area contributed by atoms with Crippen LogP contribution in [0.2, 0.25) is 0 Å². The monoisotopic (exact) mass is 610 g/mol. The normalized spacial score (nSPS) is 19.4. The largest absolute Gasteiger partial charge is 0.510 e. The van der Waals surface area contributed by atoms with Crippen LogP contribution >= 0.6 is 0 Å². The van der Waals surface area contributed by atoms with Crippen molar-refractivity contribution in [2.45, 2.75) is 27.7 Å². The zero-order valence-corrected chi connectivity index (χ0v) is 24.8. The lowest BCUT2D eigenvalue weighted by molar-refractivity contribution is -0.128. The molecule has 0 aromatic heterocycles. The molecule has 230 valence electrons. The number of phenols is 2. The van der Waals surface area contributed by atoms with Gasteiger partial charge in [0.1, 0.15) is 39.9 Å². The molecule has 0 saturated heterocycles. The van der Waals surface area contributed by atoms with Gasteiger partial charge in [0.25, 0.3) is 0 Å². The molecule has 0 heterocycles. The number of aliphatic hydroxyl groups excluding tert-OH is 3. The number of rotatable bonds is 7. The van der Waals surface area contributed by atoms with Gasteiger partial charge in [-0.3, -0.25) is 24.0 Å². The summed E-state index contributed by atoms with van der Waals surface area (Å²) in [6.07, 6.45) is 5.46. The molecule has 2 aromatic rings. The van der Waals surface area contributed by atoms with Crippen LogP contribution in [0.3, 0.4) is 0 Å². The SMILES string of the molecule is CC1(C)C(=O)/C(=C/C2=C(O)C(C)(C)C(O)=C(C(=O)/C=C/c3ccc(O)cc3)C2=O)C(=O)C(C(=O)/C=C/c2ccc(O)cc2)=C1O. The lowest BCUT2D eigenvalue weighted by Crippen LogP contribution is -2.40. The predicted molar refractivity (Wildman–Crippen MR) is 164 cm³/mol. The van der Waals surface area contributed by atoms with Gasteiger partial charge in [0.15, 0.2) is 17.3 Å². The van der Waals surface area contributed by atoms with Crippen LogP contribution in [-0.2, 0) is 24.0 Å². The summed E-state index contributed by atoms with van der Waals surface area (Å²) >= 11 is 0. The second-order valence-electron chi connectivity index (χ2n) is 11.6. The molecule has 0 fully saturated rings. The average molecular weight is 611 g/mol. The fourth-order valence-corrected chi connectivity index (χ4v) is 4.76. The fraction of sp³-hybridized carbons (Fsp3) is 0.171. The topological polar surface area (TPSA) is 186 Å². The predicted octanol–water partition coefficient (Wildman–Crippen LogP) is 5.11. The molecule has 0 amide bonds. The van der Waals surface area contributed by atoms with Gasteiger partial charge in [0.05, 0.1) is 22.0 Å². The summed E-state index contributed by atoms with van der Waals surface area (Å²) in [6.45, 7) is 5.20. The first-order valence-electron chi connectivity index (χ1n) is 13.7. The van der Waals surface area contributed by atoms with E-state index < -0.39 is 79.3 Å². The molecule has 4 rings (SSSR count). The molecule has 0 spiro atoms. The smallest absolute Gasteiger partial charge is 0.204 e. The minimum absolute atomic E-state index is 0.00213. The summed E-state index contributed by atoms with van der Waals surface area (Å²) in [5.74, 6) is -7.46. The molecule has 0 saturated carbocycles. The molecule has 10 nitrogen and oxygen atoms in total. The second-order valence-corrected chi connectivity index (χ2v) is 11.6. The lowest BCUT2D eigenvalue weighted by atomic mass is 9.70. The number of carbonyl (C=O) groups is 5. The first-order valence-corrected chi connectivity index (χ1v) is 13.7. The van der Waals surface area contributed by atoms with Crippen LogP contribution in [0.5, 0.6) is 11.5 Å². The van der Waals surface area contributed by atoms with Gasteiger partial charge < -0.3 is 25.5 Å². The van der Waals surface area contributed by atoms with Crippen LogP contribution < -0.4 is 0 Å². The third kappa shape index (κ3) is 5.90. The van der Waals surface area contributed by atoms with Gasteiger partial charge in [0.2, 0.25) is 11.6 Å². The zero-order chi connectivity index (χ0) is 33.4. The third-order valence-corrected chi connectivity index (χ3v) is 7.68. The molecule has 10 heteroatoms. The molecule has 0 radical (unpaired) electrons. The Morgan fingerprint density at radius 2 is 0.978 bits per heavy atom. The highest BCUT2D eigenvalue weighted by Crippen LogP contribution is 2.43. The molecule has 2 aliphatic carbocycles.